The zero-order valence-corrected chi connectivity index (χ0v) is 16.7. The average Bonchev–Trinajstić information content (AvgIpc) is 2.69. The fourth-order valence-electron chi connectivity index (χ4n) is 3.33. The van der Waals surface area contributed by atoms with Gasteiger partial charge >= 0.3 is 0 Å². The molecule has 1 fully saturated rings. The molecule has 7 nitrogen and oxygen atoms in total. The Bertz CT molecular complexity index is 921. The molecule has 0 amide bonds. The van der Waals surface area contributed by atoms with Crippen molar-refractivity contribution in [1.29, 1.82) is 0 Å². The standard InChI is InChI=1S/C20H25N3O4S/c1-16-10-12-22(13-11-16)15-18-8-6-17(7-9-18)14-21-28(26,27)20-5-3-2-4-19(20)23(24)25/h2-9,16,21H,10-15H2,1H3. The summed E-state index contributed by atoms with van der Waals surface area (Å²) in [5.41, 5.74) is 1.57. The minimum atomic E-state index is -3.97. The summed E-state index contributed by atoms with van der Waals surface area (Å²) in [7, 11) is -3.97. The van der Waals surface area contributed by atoms with Crippen LogP contribution in [0.3, 0.4) is 0 Å². The van der Waals surface area contributed by atoms with Gasteiger partial charge in [0.25, 0.3) is 5.69 Å². The van der Waals surface area contributed by atoms with Crippen LogP contribution in [0.1, 0.15) is 30.9 Å². The summed E-state index contributed by atoms with van der Waals surface area (Å²) in [6.45, 7) is 5.49. The van der Waals surface area contributed by atoms with Crippen LogP contribution in [0.2, 0.25) is 0 Å². The molecule has 1 aliphatic rings. The number of sulfonamides is 1. The van der Waals surface area contributed by atoms with Gasteiger partial charge in [0.15, 0.2) is 4.90 Å². The Morgan fingerprint density at radius 1 is 1.07 bits per heavy atom. The summed E-state index contributed by atoms with van der Waals surface area (Å²) in [6.07, 6.45) is 2.46. The minimum absolute atomic E-state index is 0.0793. The van der Waals surface area contributed by atoms with Gasteiger partial charge in [0.2, 0.25) is 10.0 Å². The Balaban J connectivity index is 1.61. The first-order chi connectivity index (χ1) is 13.3. The Hall–Kier alpha value is -2.29. The van der Waals surface area contributed by atoms with Crippen LogP contribution in [-0.4, -0.2) is 31.3 Å². The van der Waals surface area contributed by atoms with Gasteiger partial charge in [-0.2, -0.15) is 0 Å². The van der Waals surface area contributed by atoms with E-state index in [4.69, 9.17) is 0 Å². The summed E-state index contributed by atoms with van der Waals surface area (Å²) >= 11 is 0. The summed E-state index contributed by atoms with van der Waals surface area (Å²) in [5, 5.41) is 11.1. The molecule has 0 radical (unpaired) electrons. The highest BCUT2D eigenvalue weighted by Crippen LogP contribution is 2.23. The van der Waals surface area contributed by atoms with Gasteiger partial charge in [-0.3, -0.25) is 15.0 Å². The lowest BCUT2D eigenvalue weighted by Crippen LogP contribution is -2.32. The van der Waals surface area contributed by atoms with Crippen molar-refractivity contribution in [3.05, 3.63) is 69.8 Å². The zero-order chi connectivity index (χ0) is 20.1. The Morgan fingerprint density at radius 2 is 1.68 bits per heavy atom. The smallest absolute Gasteiger partial charge is 0.289 e. The average molecular weight is 404 g/mol. The van der Waals surface area contributed by atoms with Crippen LogP contribution in [0.15, 0.2) is 53.4 Å². The predicted molar refractivity (Wildman–Crippen MR) is 107 cm³/mol. The first kappa shape index (κ1) is 20.4. The van der Waals surface area contributed by atoms with Crippen molar-refractivity contribution in [3.63, 3.8) is 0 Å². The van der Waals surface area contributed by atoms with E-state index in [9.17, 15) is 18.5 Å². The Kier molecular flexibility index (Phi) is 6.43. The van der Waals surface area contributed by atoms with Gasteiger partial charge in [0.05, 0.1) is 4.92 Å². The van der Waals surface area contributed by atoms with Gasteiger partial charge in [-0.05, 0) is 49.0 Å². The molecule has 0 atom stereocenters. The third kappa shape index (κ3) is 5.15. The second-order valence-electron chi connectivity index (χ2n) is 7.32. The zero-order valence-electron chi connectivity index (χ0n) is 15.9. The van der Waals surface area contributed by atoms with Crippen LogP contribution in [0.25, 0.3) is 0 Å². The lowest BCUT2D eigenvalue weighted by Gasteiger charge is -2.30. The third-order valence-electron chi connectivity index (χ3n) is 5.12. The number of likely N-dealkylation sites (tertiary alicyclic amines) is 1. The van der Waals surface area contributed by atoms with Gasteiger partial charge in [0.1, 0.15) is 0 Å². The molecule has 0 saturated carbocycles. The van der Waals surface area contributed by atoms with E-state index in [1.54, 1.807) is 0 Å². The summed E-state index contributed by atoms with van der Waals surface area (Å²) < 4.78 is 27.4. The van der Waals surface area contributed by atoms with E-state index in [-0.39, 0.29) is 11.4 Å². The predicted octanol–water partition coefficient (Wildman–Crippen LogP) is 3.31. The number of piperidine rings is 1. The summed E-state index contributed by atoms with van der Waals surface area (Å²) in [4.78, 5) is 12.5. The number of rotatable bonds is 7. The molecule has 0 unspecified atom stereocenters. The van der Waals surface area contributed by atoms with E-state index in [1.807, 2.05) is 24.3 Å². The number of para-hydroxylation sites is 1. The molecule has 2 aromatic carbocycles. The Labute approximate surface area is 165 Å². The largest absolute Gasteiger partial charge is 0.299 e. The van der Waals surface area contributed by atoms with Gasteiger partial charge in [-0.25, -0.2) is 13.1 Å². The van der Waals surface area contributed by atoms with Crippen molar-refractivity contribution in [1.82, 2.24) is 9.62 Å². The number of nitrogens with one attached hydrogen (secondary N) is 1. The molecule has 1 saturated heterocycles. The van der Waals surface area contributed by atoms with Crippen LogP contribution in [0.4, 0.5) is 5.69 Å². The van der Waals surface area contributed by atoms with Crippen molar-refractivity contribution in [2.24, 2.45) is 5.92 Å². The van der Waals surface area contributed by atoms with Crippen molar-refractivity contribution in [3.8, 4) is 0 Å². The van der Waals surface area contributed by atoms with E-state index >= 15 is 0 Å². The minimum Gasteiger partial charge on any atom is -0.299 e. The van der Waals surface area contributed by atoms with Crippen molar-refractivity contribution < 1.29 is 13.3 Å². The number of nitro groups is 1. The maximum atomic E-state index is 12.5. The Morgan fingerprint density at radius 3 is 2.32 bits per heavy atom. The van der Waals surface area contributed by atoms with Crippen LogP contribution in [-0.2, 0) is 23.1 Å². The lowest BCUT2D eigenvalue weighted by molar-refractivity contribution is -0.387. The van der Waals surface area contributed by atoms with E-state index < -0.39 is 20.6 Å². The third-order valence-corrected chi connectivity index (χ3v) is 6.57. The van der Waals surface area contributed by atoms with Crippen molar-refractivity contribution in [2.75, 3.05) is 13.1 Å². The number of nitro benzene ring substituents is 1. The summed E-state index contributed by atoms with van der Waals surface area (Å²) in [6, 6.07) is 13.1. The molecule has 28 heavy (non-hydrogen) atoms. The SMILES string of the molecule is CC1CCN(Cc2ccc(CNS(=O)(=O)c3ccccc3[N+](=O)[O-])cc2)CC1. The lowest BCUT2D eigenvalue weighted by atomic mass is 9.99. The maximum Gasteiger partial charge on any atom is 0.289 e. The molecule has 1 aliphatic heterocycles. The highest BCUT2D eigenvalue weighted by atomic mass is 32.2. The molecule has 0 aromatic heterocycles. The topological polar surface area (TPSA) is 92.6 Å². The van der Waals surface area contributed by atoms with Crippen LogP contribution >= 0.6 is 0 Å². The number of benzene rings is 2. The molecule has 8 heteroatoms. The monoisotopic (exact) mass is 403 g/mol. The molecule has 150 valence electrons. The quantitative estimate of drug-likeness (QED) is 0.566. The summed E-state index contributed by atoms with van der Waals surface area (Å²) in [5.74, 6) is 0.798. The molecule has 3 rings (SSSR count). The first-order valence-electron chi connectivity index (χ1n) is 9.38. The van der Waals surface area contributed by atoms with Crippen molar-refractivity contribution in [2.45, 2.75) is 37.8 Å². The molecule has 0 spiro atoms. The number of hydrogen-bond donors (Lipinski definition) is 1. The first-order valence-corrected chi connectivity index (χ1v) is 10.9. The van der Waals surface area contributed by atoms with Gasteiger partial charge in [-0.1, -0.05) is 43.3 Å². The van der Waals surface area contributed by atoms with Gasteiger partial charge in [0, 0.05) is 19.2 Å². The fraction of sp³-hybridized carbons (Fsp3) is 0.400. The van der Waals surface area contributed by atoms with Gasteiger partial charge in [-0.15, -0.1) is 0 Å². The number of nitrogens with zero attached hydrogens (tertiary/aromatic N) is 2. The second kappa shape index (κ2) is 8.81. The van der Waals surface area contributed by atoms with E-state index in [0.29, 0.717) is 0 Å². The molecular weight excluding hydrogens is 378 g/mol. The maximum absolute atomic E-state index is 12.5. The van der Waals surface area contributed by atoms with Gasteiger partial charge < -0.3 is 0 Å². The van der Waals surface area contributed by atoms with Crippen LogP contribution < -0.4 is 4.72 Å². The fourth-order valence-corrected chi connectivity index (χ4v) is 4.52. The normalized spacial score (nSPS) is 16.2. The van der Waals surface area contributed by atoms with E-state index in [0.717, 1.165) is 31.1 Å². The van der Waals surface area contributed by atoms with Crippen LogP contribution in [0, 0.1) is 16.0 Å². The van der Waals surface area contributed by atoms with Crippen LogP contribution in [0.5, 0.6) is 0 Å². The van der Waals surface area contributed by atoms with E-state index in [1.165, 1.54) is 42.7 Å². The van der Waals surface area contributed by atoms with Crippen molar-refractivity contribution >= 4 is 15.7 Å². The highest BCUT2D eigenvalue weighted by molar-refractivity contribution is 7.89. The highest BCUT2D eigenvalue weighted by Gasteiger charge is 2.24. The molecule has 2 aromatic rings. The molecule has 0 aliphatic carbocycles. The molecular formula is C20H25N3O4S. The molecule has 0 bridgehead atoms. The number of hydrogen-bond acceptors (Lipinski definition) is 5. The molecule has 1 N–H and O–H groups in total. The second-order valence-corrected chi connectivity index (χ2v) is 9.06. The van der Waals surface area contributed by atoms with E-state index in [2.05, 4.69) is 16.5 Å². The molecule has 1 heterocycles.